The van der Waals surface area contributed by atoms with Crippen LogP contribution in [0, 0.1) is 6.92 Å². The molecule has 0 unspecified atom stereocenters. The SMILES string of the molecule is Cc1ccc(S(C)(=O)=O)cc1C(=O)Nc1ccc(NC(=O)Nc2ccccc2)cc1. The van der Waals surface area contributed by atoms with Crippen LogP contribution >= 0.6 is 0 Å². The molecule has 0 radical (unpaired) electrons. The van der Waals surface area contributed by atoms with Gasteiger partial charge in [0, 0.05) is 28.9 Å². The molecule has 154 valence electrons. The molecule has 0 aliphatic carbocycles. The van der Waals surface area contributed by atoms with Crippen molar-refractivity contribution >= 4 is 38.8 Å². The first-order valence-electron chi connectivity index (χ1n) is 9.07. The normalized spacial score (nSPS) is 10.9. The Morgan fingerprint density at radius 1 is 0.733 bits per heavy atom. The summed E-state index contributed by atoms with van der Waals surface area (Å²) in [5.41, 5.74) is 2.68. The number of urea groups is 1. The predicted molar refractivity (Wildman–Crippen MR) is 118 cm³/mol. The molecule has 3 aromatic rings. The Kier molecular flexibility index (Phi) is 6.17. The highest BCUT2D eigenvalue weighted by molar-refractivity contribution is 7.90. The minimum Gasteiger partial charge on any atom is -0.322 e. The van der Waals surface area contributed by atoms with Gasteiger partial charge in [-0.05, 0) is 61.0 Å². The predicted octanol–water partition coefficient (Wildman–Crippen LogP) is 4.29. The minimum atomic E-state index is -3.41. The zero-order chi connectivity index (χ0) is 21.7. The van der Waals surface area contributed by atoms with Gasteiger partial charge in [-0.1, -0.05) is 24.3 Å². The van der Waals surface area contributed by atoms with Gasteiger partial charge in [0.25, 0.3) is 5.91 Å². The number of aryl methyl sites for hydroxylation is 1. The molecule has 30 heavy (non-hydrogen) atoms. The molecule has 0 spiro atoms. The van der Waals surface area contributed by atoms with E-state index in [1.165, 1.54) is 12.1 Å². The molecule has 0 atom stereocenters. The van der Waals surface area contributed by atoms with Gasteiger partial charge in [0.15, 0.2) is 9.84 Å². The monoisotopic (exact) mass is 423 g/mol. The van der Waals surface area contributed by atoms with Crippen LogP contribution in [0.15, 0.2) is 77.7 Å². The molecule has 0 aliphatic heterocycles. The first-order valence-corrected chi connectivity index (χ1v) is 11.0. The molecule has 0 bridgehead atoms. The molecule has 7 nitrogen and oxygen atoms in total. The van der Waals surface area contributed by atoms with E-state index < -0.39 is 15.7 Å². The van der Waals surface area contributed by atoms with Crippen LogP contribution in [0.4, 0.5) is 21.9 Å². The summed E-state index contributed by atoms with van der Waals surface area (Å²) in [4.78, 5) is 24.7. The van der Waals surface area contributed by atoms with E-state index in [1.807, 2.05) is 18.2 Å². The van der Waals surface area contributed by atoms with Gasteiger partial charge < -0.3 is 16.0 Å². The summed E-state index contributed by atoms with van der Waals surface area (Å²) in [5, 5.41) is 8.16. The third kappa shape index (κ3) is 5.45. The Bertz CT molecular complexity index is 1170. The van der Waals surface area contributed by atoms with E-state index in [9.17, 15) is 18.0 Å². The average Bonchev–Trinajstić information content (AvgIpc) is 2.69. The summed E-state index contributed by atoms with van der Waals surface area (Å²) in [6.45, 7) is 1.74. The smallest absolute Gasteiger partial charge is 0.322 e. The molecule has 3 aromatic carbocycles. The molecule has 0 aliphatic rings. The van der Waals surface area contributed by atoms with Gasteiger partial charge in [-0.2, -0.15) is 0 Å². The number of sulfone groups is 1. The zero-order valence-electron chi connectivity index (χ0n) is 16.5. The number of carbonyl (C=O) groups is 2. The second kappa shape index (κ2) is 8.79. The van der Waals surface area contributed by atoms with E-state index in [0.717, 1.165) is 6.26 Å². The Labute approximate surface area is 175 Å². The van der Waals surface area contributed by atoms with Crippen molar-refractivity contribution in [2.45, 2.75) is 11.8 Å². The lowest BCUT2D eigenvalue weighted by atomic mass is 10.1. The van der Waals surface area contributed by atoms with E-state index in [4.69, 9.17) is 0 Å². The van der Waals surface area contributed by atoms with E-state index in [2.05, 4.69) is 16.0 Å². The highest BCUT2D eigenvalue weighted by Crippen LogP contribution is 2.19. The number of benzene rings is 3. The summed E-state index contributed by atoms with van der Waals surface area (Å²) in [6, 6.07) is 19.7. The van der Waals surface area contributed by atoms with Crippen LogP contribution in [-0.2, 0) is 9.84 Å². The number of amides is 3. The summed E-state index contributed by atoms with van der Waals surface area (Å²) in [5.74, 6) is -0.416. The van der Waals surface area contributed by atoms with Crippen molar-refractivity contribution in [3.8, 4) is 0 Å². The quantitative estimate of drug-likeness (QED) is 0.569. The zero-order valence-corrected chi connectivity index (χ0v) is 17.3. The van der Waals surface area contributed by atoms with Crippen molar-refractivity contribution < 1.29 is 18.0 Å². The van der Waals surface area contributed by atoms with Gasteiger partial charge in [-0.15, -0.1) is 0 Å². The number of nitrogens with one attached hydrogen (secondary N) is 3. The van der Waals surface area contributed by atoms with Gasteiger partial charge in [-0.3, -0.25) is 4.79 Å². The molecule has 3 N–H and O–H groups in total. The maximum Gasteiger partial charge on any atom is 0.323 e. The minimum absolute atomic E-state index is 0.0854. The number of rotatable bonds is 5. The first-order chi connectivity index (χ1) is 14.2. The number of para-hydroxylation sites is 1. The van der Waals surface area contributed by atoms with Crippen LogP contribution < -0.4 is 16.0 Å². The van der Waals surface area contributed by atoms with Crippen molar-refractivity contribution in [1.29, 1.82) is 0 Å². The summed E-state index contributed by atoms with van der Waals surface area (Å²) < 4.78 is 23.5. The fraction of sp³-hybridized carbons (Fsp3) is 0.0909. The Morgan fingerprint density at radius 2 is 1.27 bits per heavy atom. The highest BCUT2D eigenvalue weighted by Gasteiger charge is 2.14. The van der Waals surface area contributed by atoms with Crippen LogP contribution in [0.1, 0.15) is 15.9 Å². The van der Waals surface area contributed by atoms with Crippen LogP contribution in [0.2, 0.25) is 0 Å². The Balaban J connectivity index is 1.66. The largest absolute Gasteiger partial charge is 0.323 e. The second-order valence-electron chi connectivity index (χ2n) is 6.73. The molecule has 0 heterocycles. The molecule has 3 amide bonds. The van der Waals surface area contributed by atoms with Crippen LogP contribution in [0.25, 0.3) is 0 Å². The third-order valence-electron chi connectivity index (χ3n) is 4.31. The van der Waals surface area contributed by atoms with Crippen LogP contribution in [0.5, 0.6) is 0 Å². The van der Waals surface area contributed by atoms with Gasteiger partial charge >= 0.3 is 6.03 Å². The van der Waals surface area contributed by atoms with Gasteiger partial charge in [-0.25, -0.2) is 13.2 Å². The number of anilines is 3. The Hall–Kier alpha value is -3.65. The van der Waals surface area contributed by atoms with E-state index in [1.54, 1.807) is 49.4 Å². The molecular weight excluding hydrogens is 402 g/mol. The lowest BCUT2D eigenvalue weighted by molar-refractivity contribution is 0.102. The van der Waals surface area contributed by atoms with Gasteiger partial charge in [0.05, 0.1) is 4.90 Å². The fourth-order valence-corrected chi connectivity index (χ4v) is 3.37. The molecule has 0 saturated carbocycles. The standard InChI is InChI=1S/C22H21N3O4S/c1-15-8-13-19(30(2,28)29)14-20(15)21(26)23-17-9-11-18(12-10-17)25-22(27)24-16-6-4-3-5-7-16/h3-14H,1-2H3,(H,23,26)(H2,24,25,27). The van der Waals surface area contributed by atoms with Crippen molar-refractivity contribution in [2.24, 2.45) is 0 Å². The maximum atomic E-state index is 12.6. The summed E-state index contributed by atoms with van der Waals surface area (Å²) in [7, 11) is -3.41. The van der Waals surface area contributed by atoms with Gasteiger partial charge in [0.1, 0.15) is 0 Å². The summed E-state index contributed by atoms with van der Waals surface area (Å²) >= 11 is 0. The molecule has 0 saturated heterocycles. The highest BCUT2D eigenvalue weighted by atomic mass is 32.2. The number of hydrogen-bond donors (Lipinski definition) is 3. The third-order valence-corrected chi connectivity index (χ3v) is 5.42. The van der Waals surface area contributed by atoms with Crippen molar-refractivity contribution in [3.05, 3.63) is 83.9 Å². The Morgan fingerprint density at radius 3 is 1.83 bits per heavy atom. The van der Waals surface area contributed by atoms with E-state index in [-0.39, 0.29) is 16.5 Å². The molecule has 0 aromatic heterocycles. The van der Waals surface area contributed by atoms with Crippen LogP contribution in [0.3, 0.4) is 0 Å². The van der Waals surface area contributed by atoms with E-state index >= 15 is 0 Å². The molecule has 0 fully saturated rings. The van der Waals surface area contributed by atoms with Crippen molar-refractivity contribution in [3.63, 3.8) is 0 Å². The van der Waals surface area contributed by atoms with Crippen LogP contribution in [-0.4, -0.2) is 26.6 Å². The van der Waals surface area contributed by atoms with Crippen molar-refractivity contribution in [1.82, 2.24) is 0 Å². The summed E-state index contributed by atoms with van der Waals surface area (Å²) in [6.07, 6.45) is 1.10. The number of carbonyl (C=O) groups excluding carboxylic acids is 2. The van der Waals surface area contributed by atoms with E-state index in [0.29, 0.717) is 22.6 Å². The average molecular weight is 423 g/mol. The fourth-order valence-electron chi connectivity index (χ4n) is 2.73. The first kappa shape index (κ1) is 21.1. The second-order valence-corrected chi connectivity index (χ2v) is 8.74. The van der Waals surface area contributed by atoms with Gasteiger partial charge in [0.2, 0.25) is 0 Å². The number of hydrogen-bond acceptors (Lipinski definition) is 4. The molecular formula is C22H21N3O4S. The lowest BCUT2D eigenvalue weighted by Gasteiger charge is -2.11. The molecule has 3 rings (SSSR count). The topological polar surface area (TPSA) is 104 Å². The maximum absolute atomic E-state index is 12.6. The van der Waals surface area contributed by atoms with Crippen molar-refractivity contribution in [2.75, 3.05) is 22.2 Å². The lowest BCUT2D eigenvalue weighted by Crippen LogP contribution is -2.19. The molecule has 8 heteroatoms.